The molecule has 8 heteroatoms. The summed E-state index contributed by atoms with van der Waals surface area (Å²) in [5.74, 6) is 0.401. The molecule has 3 heterocycles. The van der Waals surface area contributed by atoms with Gasteiger partial charge < -0.3 is 4.90 Å². The van der Waals surface area contributed by atoms with Crippen molar-refractivity contribution in [3.8, 4) is 11.4 Å². The number of hydrogen-bond acceptors (Lipinski definition) is 7. The summed E-state index contributed by atoms with van der Waals surface area (Å²) in [5, 5.41) is 0. The summed E-state index contributed by atoms with van der Waals surface area (Å²) in [5.41, 5.74) is 3.96. The van der Waals surface area contributed by atoms with Gasteiger partial charge in [0.1, 0.15) is 11.0 Å². The molecule has 0 atom stereocenters. The molecule has 3 aromatic heterocycles. The molecule has 0 spiro atoms. The fraction of sp³-hybridized carbons (Fsp3) is 0.111. The Labute approximate surface area is 153 Å². The van der Waals surface area contributed by atoms with Crippen LogP contribution in [0.25, 0.3) is 22.4 Å². The SMILES string of the molecule is CN(Cc1ccc2nsnc2c1)C(=O)c1cnc(-c2cccnc2)nc1. The Balaban J connectivity index is 1.49. The first kappa shape index (κ1) is 16.2. The van der Waals surface area contributed by atoms with Crippen LogP contribution in [0.4, 0.5) is 0 Å². The van der Waals surface area contributed by atoms with Crippen molar-refractivity contribution >= 4 is 28.7 Å². The van der Waals surface area contributed by atoms with Crippen LogP contribution in [-0.2, 0) is 6.54 Å². The van der Waals surface area contributed by atoms with E-state index in [1.54, 1.807) is 36.7 Å². The average Bonchev–Trinajstić information content (AvgIpc) is 3.16. The van der Waals surface area contributed by atoms with Crippen molar-refractivity contribution in [2.45, 2.75) is 6.54 Å². The van der Waals surface area contributed by atoms with Crippen molar-refractivity contribution in [1.82, 2.24) is 28.6 Å². The summed E-state index contributed by atoms with van der Waals surface area (Å²) in [4.78, 5) is 26.8. The molecule has 4 aromatic rings. The van der Waals surface area contributed by atoms with Crippen LogP contribution in [0.15, 0.2) is 55.1 Å². The highest BCUT2D eigenvalue weighted by Crippen LogP contribution is 2.16. The average molecular weight is 362 g/mol. The summed E-state index contributed by atoms with van der Waals surface area (Å²) in [6.45, 7) is 0.469. The standard InChI is InChI=1S/C18H14N6OS/c1-24(11-12-4-5-15-16(7-12)23-26-22-15)18(25)14-9-20-17(21-10-14)13-3-2-6-19-8-13/h2-10H,11H2,1H3. The van der Waals surface area contributed by atoms with E-state index in [1.165, 1.54) is 11.7 Å². The molecule has 4 rings (SSSR count). The Hall–Kier alpha value is -3.26. The minimum Gasteiger partial charge on any atom is -0.337 e. The van der Waals surface area contributed by atoms with Crippen LogP contribution in [-0.4, -0.2) is 41.6 Å². The third kappa shape index (κ3) is 3.27. The normalized spacial score (nSPS) is 10.8. The molecule has 0 unspecified atom stereocenters. The number of pyridine rings is 1. The van der Waals surface area contributed by atoms with E-state index in [4.69, 9.17) is 0 Å². The number of benzene rings is 1. The van der Waals surface area contributed by atoms with Gasteiger partial charge in [0.2, 0.25) is 0 Å². The molecular weight excluding hydrogens is 348 g/mol. The van der Waals surface area contributed by atoms with E-state index in [-0.39, 0.29) is 5.91 Å². The van der Waals surface area contributed by atoms with Crippen molar-refractivity contribution in [2.24, 2.45) is 0 Å². The maximum atomic E-state index is 12.6. The molecule has 0 aliphatic heterocycles. The van der Waals surface area contributed by atoms with Gasteiger partial charge in [-0.25, -0.2) is 9.97 Å². The monoisotopic (exact) mass is 362 g/mol. The maximum absolute atomic E-state index is 12.6. The smallest absolute Gasteiger partial charge is 0.257 e. The van der Waals surface area contributed by atoms with Gasteiger partial charge in [-0.3, -0.25) is 9.78 Å². The van der Waals surface area contributed by atoms with Crippen molar-refractivity contribution < 1.29 is 4.79 Å². The lowest BCUT2D eigenvalue weighted by atomic mass is 10.2. The Bertz CT molecular complexity index is 1050. The lowest BCUT2D eigenvalue weighted by Gasteiger charge is -2.17. The van der Waals surface area contributed by atoms with E-state index in [9.17, 15) is 4.79 Å². The topological polar surface area (TPSA) is 84.8 Å². The van der Waals surface area contributed by atoms with Crippen LogP contribution in [0.1, 0.15) is 15.9 Å². The predicted octanol–water partition coefficient (Wildman–Crippen LogP) is 2.82. The third-order valence-corrected chi connectivity index (χ3v) is 4.46. The minimum atomic E-state index is -0.140. The Morgan fingerprint density at radius 3 is 2.65 bits per heavy atom. The van der Waals surface area contributed by atoms with Crippen LogP contribution >= 0.6 is 11.7 Å². The quantitative estimate of drug-likeness (QED) is 0.555. The highest BCUT2D eigenvalue weighted by molar-refractivity contribution is 7.00. The molecule has 128 valence electrons. The number of fused-ring (bicyclic) bond motifs is 1. The molecule has 7 nitrogen and oxygen atoms in total. The zero-order valence-corrected chi connectivity index (χ0v) is 14.7. The van der Waals surface area contributed by atoms with Gasteiger partial charge in [0.15, 0.2) is 5.82 Å². The van der Waals surface area contributed by atoms with Gasteiger partial charge in [-0.15, -0.1) is 0 Å². The van der Waals surface area contributed by atoms with Crippen molar-refractivity contribution in [3.63, 3.8) is 0 Å². The zero-order valence-electron chi connectivity index (χ0n) is 13.9. The van der Waals surface area contributed by atoms with Crippen LogP contribution in [0.5, 0.6) is 0 Å². The van der Waals surface area contributed by atoms with Crippen LogP contribution in [0, 0.1) is 0 Å². The Morgan fingerprint density at radius 2 is 1.88 bits per heavy atom. The number of aromatic nitrogens is 5. The van der Waals surface area contributed by atoms with Crippen LogP contribution < -0.4 is 0 Å². The van der Waals surface area contributed by atoms with Gasteiger partial charge in [-0.05, 0) is 29.8 Å². The third-order valence-electron chi connectivity index (χ3n) is 3.90. The molecule has 1 amide bonds. The number of carbonyl (C=O) groups excluding carboxylic acids is 1. The molecule has 26 heavy (non-hydrogen) atoms. The molecule has 0 bridgehead atoms. The zero-order chi connectivity index (χ0) is 17.9. The van der Waals surface area contributed by atoms with E-state index in [1.807, 2.05) is 30.3 Å². The number of hydrogen-bond donors (Lipinski definition) is 0. The summed E-state index contributed by atoms with van der Waals surface area (Å²) in [7, 11) is 1.75. The first-order valence-electron chi connectivity index (χ1n) is 7.90. The highest BCUT2D eigenvalue weighted by atomic mass is 32.1. The fourth-order valence-corrected chi connectivity index (χ4v) is 3.09. The van der Waals surface area contributed by atoms with Gasteiger partial charge in [0.05, 0.1) is 17.3 Å². The molecular formula is C18H14N6OS. The predicted molar refractivity (Wildman–Crippen MR) is 98.5 cm³/mol. The van der Waals surface area contributed by atoms with Gasteiger partial charge in [0, 0.05) is 43.9 Å². The van der Waals surface area contributed by atoms with E-state index >= 15 is 0 Å². The second kappa shape index (κ2) is 6.93. The molecule has 1 aromatic carbocycles. The first-order chi connectivity index (χ1) is 12.7. The second-order valence-electron chi connectivity index (χ2n) is 5.79. The lowest BCUT2D eigenvalue weighted by Crippen LogP contribution is -2.26. The largest absolute Gasteiger partial charge is 0.337 e. The molecule has 0 saturated heterocycles. The molecule has 0 saturated carbocycles. The van der Waals surface area contributed by atoms with Crippen molar-refractivity contribution in [1.29, 1.82) is 0 Å². The molecule has 0 radical (unpaired) electrons. The fourth-order valence-electron chi connectivity index (χ4n) is 2.57. The second-order valence-corrected chi connectivity index (χ2v) is 6.31. The number of carbonyl (C=O) groups is 1. The van der Waals surface area contributed by atoms with Crippen LogP contribution in [0.2, 0.25) is 0 Å². The Morgan fingerprint density at radius 1 is 1.08 bits per heavy atom. The van der Waals surface area contributed by atoms with Gasteiger partial charge in [-0.2, -0.15) is 8.75 Å². The summed E-state index contributed by atoms with van der Waals surface area (Å²) in [6, 6.07) is 9.51. The van der Waals surface area contributed by atoms with E-state index in [0.29, 0.717) is 17.9 Å². The number of rotatable bonds is 4. The summed E-state index contributed by atoms with van der Waals surface area (Å²) < 4.78 is 8.41. The van der Waals surface area contributed by atoms with Gasteiger partial charge >= 0.3 is 0 Å². The van der Waals surface area contributed by atoms with E-state index < -0.39 is 0 Å². The first-order valence-corrected chi connectivity index (χ1v) is 8.63. The molecule has 0 aliphatic rings. The molecule has 0 aliphatic carbocycles. The number of nitrogens with zero attached hydrogens (tertiary/aromatic N) is 6. The molecule has 0 fully saturated rings. The summed E-state index contributed by atoms with van der Waals surface area (Å²) >= 11 is 1.18. The molecule has 0 N–H and O–H groups in total. The van der Waals surface area contributed by atoms with Crippen LogP contribution in [0.3, 0.4) is 0 Å². The van der Waals surface area contributed by atoms with Gasteiger partial charge in [0.25, 0.3) is 5.91 Å². The lowest BCUT2D eigenvalue weighted by molar-refractivity contribution is 0.0784. The highest BCUT2D eigenvalue weighted by Gasteiger charge is 2.14. The Kier molecular flexibility index (Phi) is 4.32. The minimum absolute atomic E-state index is 0.140. The number of amides is 1. The summed E-state index contributed by atoms with van der Waals surface area (Å²) in [6.07, 6.45) is 6.46. The van der Waals surface area contributed by atoms with Gasteiger partial charge in [-0.1, -0.05) is 6.07 Å². The van der Waals surface area contributed by atoms with E-state index in [2.05, 4.69) is 23.7 Å². The van der Waals surface area contributed by atoms with Crippen molar-refractivity contribution in [3.05, 3.63) is 66.2 Å². The maximum Gasteiger partial charge on any atom is 0.257 e. The van der Waals surface area contributed by atoms with E-state index in [0.717, 1.165) is 22.2 Å². The van der Waals surface area contributed by atoms with Crippen molar-refractivity contribution in [2.75, 3.05) is 7.05 Å².